The third kappa shape index (κ3) is 9.87. The van der Waals surface area contributed by atoms with Crippen LogP contribution in [-0.2, 0) is 29.9 Å². The van der Waals surface area contributed by atoms with Crippen molar-refractivity contribution in [2.24, 2.45) is 0 Å². The van der Waals surface area contributed by atoms with Gasteiger partial charge in [-0.1, -0.05) is 0 Å². The van der Waals surface area contributed by atoms with Gasteiger partial charge in [0, 0.05) is 36.9 Å². The average molecular weight is 752 g/mol. The van der Waals surface area contributed by atoms with Crippen LogP contribution < -0.4 is 20.9 Å². The molecule has 1 atom stereocenters. The van der Waals surface area contributed by atoms with Gasteiger partial charge in [-0.15, -0.1) is 0 Å². The number of alkyl halides is 6. The number of amides is 1. The van der Waals surface area contributed by atoms with Crippen molar-refractivity contribution in [1.29, 1.82) is 0 Å². The highest BCUT2D eigenvalue weighted by atomic mass is 19.4. The van der Waals surface area contributed by atoms with E-state index in [4.69, 9.17) is 25.7 Å². The summed E-state index contributed by atoms with van der Waals surface area (Å²) in [6, 6.07) is 3.93. The van der Waals surface area contributed by atoms with Gasteiger partial charge in [-0.05, 0) is 76.8 Å². The van der Waals surface area contributed by atoms with Crippen LogP contribution in [0.1, 0.15) is 96.1 Å². The molecule has 11 nitrogen and oxygen atoms in total. The van der Waals surface area contributed by atoms with E-state index in [9.17, 15) is 40.7 Å². The van der Waals surface area contributed by atoms with Gasteiger partial charge in [-0.3, -0.25) is 9.59 Å². The van der Waals surface area contributed by atoms with E-state index in [1.807, 2.05) is 0 Å². The molecule has 286 valence electrons. The molecule has 1 amide bonds. The first-order chi connectivity index (χ1) is 24.7. The van der Waals surface area contributed by atoms with Gasteiger partial charge < -0.3 is 30.6 Å². The monoisotopic (exact) mass is 751 g/mol. The molecule has 2 heterocycles. The number of carbonyl (C=O) groups is 3. The summed E-state index contributed by atoms with van der Waals surface area (Å²) < 4.78 is 99.9. The lowest BCUT2D eigenvalue weighted by molar-refractivity contribution is -0.138. The average Bonchev–Trinajstić information content (AvgIpc) is 3.75. The Hall–Kier alpha value is -5.09. The highest BCUT2D eigenvalue weighted by Gasteiger charge is 2.36. The molecule has 17 heteroatoms. The smallest absolute Gasteiger partial charge is 0.416 e. The van der Waals surface area contributed by atoms with E-state index in [2.05, 4.69) is 9.97 Å². The molecule has 0 bridgehead atoms. The molecule has 3 aromatic rings. The van der Waals surface area contributed by atoms with E-state index in [1.54, 1.807) is 20.8 Å². The predicted octanol–water partition coefficient (Wildman–Crippen LogP) is 7.24. The molecule has 53 heavy (non-hydrogen) atoms. The van der Waals surface area contributed by atoms with Crippen molar-refractivity contribution in [2.45, 2.75) is 95.9 Å². The molecule has 1 saturated heterocycles. The second kappa shape index (κ2) is 15.1. The van der Waals surface area contributed by atoms with E-state index in [-0.39, 0.29) is 58.9 Å². The molecular formula is C36H39F6N5O6. The number of likely N-dealkylation sites (tertiary alicyclic amines) is 1. The van der Waals surface area contributed by atoms with E-state index in [1.165, 1.54) is 4.90 Å². The Bertz CT molecular complexity index is 1870. The van der Waals surface area contributed by atoms with Crippen LogP contribution in [-0.4, -0.2) is 63.4 Å². The van der Waals surface area contributed by atoms with Crippen LogP contribution in [0.3, 0.4) is 0 Å². The Kier molecular flexibility index (Phi) is 11.1. The Morgan fingerprint density at radius 3 is 1.66 bits per heavy atom. The first-order valence-electron chi connectivity index (χ1n) is 16.9. The Balaban J connectivity index is 1.38. The highest BCUT2D eigenvalue weighted by Crippen LogP contribution is 2.40. The number of anilines is 2. The fourth-order valence-corrected chi connectivity index (χ4v) is 6.15. The fourth-order valence-electron chi connectivity index (χ4n) is 6.15. The van der Waals surface area contributed by atoms with Crippen LogP contribution in [0.5, 0.6) is 11.5 Å². The van der Waals surface area contributed by atoms with Crippen LogP contribution >= 0.6 is 0 Å². The van der Waals surface area contributed by atoms with Crippen LogP contribution in [0.4, 0.5) is 42.5 Å². The van der Waals surface area contributed by atoms with Crippen LogP contribution in [0, 0.1) is 0 Å². The van der Waals surface area contributed by atoms with Crippen LogP contribution in [0.15, 0.2) is 36.7 Å². The molecule has 0 spiro atoms. The number of Topliss-reactive ketones (excluding diaryl/α,β-unsaturated/α-hetero) is 2. The van der Waals surface area contributed by atoms with Crippen molar-refractivity contribution in [2.75, 3.05) is 24.6 Å². The number of aromatic nitrogens is 2. The Morgan fingerprint density at radius 1 is 0.736 bits per heavy atom. The number of hydrogen-bond acceptors (Lipinski definition) is 10. The van der Waals surface area contributed by atoms with Gasteiger partial charge in [-0.25, -0.2) is 14.8 Å². The number of rotatable bonds is 10. The summed E-state index contributed by atoms with van der Waals surface area (Å²) in [5.41, 5.74) is 7.32. The summed E-state index contributed by atoms with van der Waals surface area (Å²) in [6.07, 6.45) is -8.23. The van der Waals surface area contributed by atoms with Gasteiger partial charge in [-0.2, -0.15) is 26.3 Å². The SMILES string of the molecule is CC(C)(C)OC(=O)N1CC[C@@H](Oc2c(N)cc(C(F)(F)F)cc2CC(=O)c2cc(C(=O)Cc3cc(C(F)(F)F)cc(N)c3OC3CCCC3)ncn2)C1. The number of ether oxygens (including phenoxy) is 3. The zero-order valence-corrected chi connectivity index (χ0v) is 29.2. The maximum absolute atomic E-state index is 13.8. The summed E-state index contributed by atoms with van der Waals surface area (Å²) in [7, 11) is 0. The summed E-state index contributed by atoms with van der Waals surface area (Å²) >= 11 is 0. The van der Waals surface area contributed by atoms with Crippen molar-refractivity contribution in [3.63, 3.8) is 0 Å². The highest BCUT2D eigenvalue weighted by molar-refractivity contribution is 6.01. The number of halogens is 6. The first kappa shape index (κ1) is 39.1. The lowest BCUT2D eigenvalue weighted by Crippen LogP contribution is -2.36. The molecule has 1 aliphatic carbocycles. The lowest BCUT2D eigenvalue weighted by atomic mass is 9.99. The third-order valence-corrected chi connectivity index (χ3v) is 8.65. The first-order valence-corrected chi connectivity index (χ1v) is 16.9. The van der Waals surface area contributed by atoms with E-state index < -0.39 is 71.4 Å². The largest absolute Gasteiger partial charge is 0.488 e. The van der Waals surface area contributed by atoms with Crippen LogP contribution in [0.25, 0.3) is 0 Å². The maximum Gasteiger partial charge on any atom is 0.416 e. The zero-order chi connectivity index (χ0) is 38.9. The molecule has 1 aliphatic heterocycles. The number of nitrogens with zero attached hydrogens (tertiary/aromatic N) is 3. The molecule has 1 aromatic heterocycles. The molecule has 1 saturated carbocycles. The van der Waals surface area contributed by atoms with Crippen molar-refractivity contribution in [3.05, 3.63) is 70.3 Å². The number of carbonyl (C=O) groups excluding carboxylic acids is 3. The van der Waals surface area contributed by atoms with Gasteiger partial charge >= 0.3 is 18.4 Å². The zero-order valence-electron chi connectivity index (χ0n) is 29.2. The fraction of sp³-hybridized carbons (Fsp3) is 0.472. The van der Waals surface area contributed by atoms with Gasteiger partial charge in [0.25, 0.3) is 0 Å². The third-order valence-electron chi connectivity index (χ3n) is 8.65. The number of nitrogens with two attached hydrogens (primary N) is 2. The van der Waals surface area contributed by atoms with Crippen molar-refractivity contribution in [1.82, 2.24) is 14.9 Å². The number of nitrogen functional groups attached to an aromatic ring is 2. The predicted molar refractivity (Wildman–Crippen MR) is 180 cm³/mol. The number of hydrogen-bond donors (Lipinski definition) is 2. The van der Waals surface area contributed by atoms with Gasteiger partial charge in [0.05, 0.1) is 35.2 Å². The molecule has 2 aromatic carbocycles. The van der Waals surface area contributed by atoms with E-state index in [0.717, 1.165) is 43.4 Å². The molecular weight excluding hydrogens is 712 g/mol. The van der Waals surface area contributed by atoms with E-state index >= 15 is 0 Å². The van der Waals surface area contributed by atoms with Crippen molar-refractivity contribution < 1.29 is 54.9 Å². The minimum absolute atomic E-state index is 0.0465. The summed E-state index contributed by atoms with van der Waals surface area (Å²) in [5, 5.41) is 0. The van der Waals surface area contributed by atoms with Crippen molar-refractivity contribution >= 4 is 29.0 Å². The molecule has 2 fully saturated rings. The summed E-state index contributed by atoms with van der Waals surface area (Å²) in [5.74, 6) is -1.86. The van der Waals surface area contributed by atoms with E-state index in [0.29, 0.717) is 25.3 Å². The molecule has 2 aliphatic rings. The topological polar surface area (TPSA) is 160 Å². The molecule has 0 unspecified atom stereocenters. The molecule has 0 radical (unpaired) electrons. The normalized spacial score (nSPS) is 16.8. The van der Waals surface area contributed by atoms with Gasteiger partial charge in [0.1, 0.15) is 40.9 Å². The lowest BCUT2D eigenvalue weighted by Gasteiger charge is -2.24. The van der Waals surface area contributed by atoms with Crippen LogP contribution in [0.2, 0.25) is 0 Å². The number of benzene rings is 2. The Labute approximate surface area is 301 Å². The quantitative estimate of drug-likeness (QED) is 0.123. The van der Waals surface area contributed by atoms with Crippen molar-refractivity contribution in [3.8, 4) is 11.5 Å². The molecule has 5 rings (SSSR count). The minimum atomic E-state index is -4.83. The Morgan fingerprint density at radius 2 is 1.21 bits per heavy atom. The second-order valence-electron chi connectivity index (χ2n) is 14.1. The van der Waals surface area contributed by atoms with Gasteiger partial charge in [0.2, 0.25) is 0 Å². The summed E-state index contributed by atoms with van der Waals surface area (Å²) in [6.45, 7) is 5.39. The molecule has 4 N–H and O–H groups in total. The van der Waals surface area contributed by atoms with Gasteiger partial charge in [0.15, 0.2) is 11.6 Å². The standard InChI is InChI=1S/C36H39F6N5O6/c1-34(2,3)53-33(50)47-9-8-24(17-47)52-32-20(11-22(15-26(32)44)36(40,41)42)13-30(49)28-16-27(45-18-46-28)29(48)12-19-10-21(35(37,38)39)14-25(43)31(19)51-23-6-4-5-7-23/h10-11,14-16,18,23-24H,4-9,12-13,17,43-44H2,1-3H3/t24-/m1/s1. The second-order valence-corrected chi connectivity index (χ2v) is 14.1. The maximum atomic E-state index is 13.8. The summed E-state index contributed by atoms with van der Waals surface area (Å²) in [4.78, 5) is 48.7. The number of ketones is 2. The minimum Gasteiger partial charge on any atom is -0.488 e.